The van der Waals surface area contributed by atoms with Gasteiger partial charge in [0, 0.05) is 10.7 Å². The quantitative estimate of drug-likeness (QED) is 0.640. The van der Waals surface area contributed by atoms with Gasteiger partial charge in [-0.1, -0.05) is 41.9 Å². The van der Waals surface area contributed by atoms with Crippen LogP contribution in [-0.4, -0.2) is 19.1 Å². The molecular formula is C16H14ClNO2. The predicted octanol–water partition coefficient (Wildman–Crippen LogP) is 3.44. The van der Waals surface area contributed by atoms with Crippen molar-refractivity contribution in [3.8, 4) is 0 Å². The van der Waals surface area contributed by atoms with Crippen LogP contribution in [0, 0.1) is 0 Å². The van der Waals surface area contributed by atoms with Crippen LogP contribution in [0.25, 0.3) is 0 Å². The van der Waals surface area contributed by atoms with Gasteiger partial charge in [0.1, 0.15) is 0 Å². The average molecular weight is 288 g/mol. The van der Waals surface area contributed by atoms with Gasteiger partial charge in [0.25, 0.3) is 0 Å². The zero-order valence-corrected chi connectivity index (χ0v) is 11.7. The zero-order chi connectivity index (χ0) is 14.1. The second kappa shape index (κ2) is 5.17. The molecule has 1 heterocycles. The van der Waals surface area contributed by atoms with Gasteiger partial charge in [-0.15, -0.1) is 0 Å². The number of carbonyl (C=O) groups is 1. The first-order valence-corrected chi connectivity index (χ1v) is 6.77. The summed E-state index contributed by atoms with van der Waals surface area (Å²) >= 11 is 5.91. The van der Waals surface area contributed by atoms with Gasteiger partial charge in [-0.2, -0.15) is 0 Å². The summed E-state index contributed by atoms with van der Waals surface area (Å²) in [7, 11) is 1.42. The Bertz CT molecular complexity index is 612. The van der Waals surface area contributed by atoms with E-state index in [2.05, 4.69) is 4.90 Å². The summed E-state index contributed by atoms with van der Waals surface area (Å²) in [4.78, 5) is 14.0. The molecule has 0 bridgehead atoms. The number of ether oxygens (including phenoxy) is 1. The highest BCUT2D eigenvalue weighted by atomic mass is 35.5. The number of nitrogens with zero attached hydrogens (tertiary/aromatic N) is 1. The zero-order valence-electron chi connectivity index (χ0n) is 11.0. The molecule has 4 heteroatoms. The van der Waals surface area contributed by atoms with Crippen LogP contribution < -0.4 is 4.90 Å². The Balaban J connectivity index is 1.92. The molecule has 1 saturated heterocycles. The van der Waals surface area contributed by atoms with Crippen LogP contribution in [0.3, 0.4) is 0 Å². The van der Waals surface area contributed by atoms with Crippen LogP contribution in [0.4, 0.5) is 5.69 Å². The lowest BCUT2D eigenvalue weighted by Crippen LogP contribution is -2.13. The first-order valence-electron chi connectivity index (χ1n) is 6.39. The lowest BCUT2D eigenvalue weighted by molar-refractivity contribution is -0.139. The van der Waals surface area contributed by atoms with Crippen LogP contribution in [0.1, 0.15) is 11.6 Å². The highest BCUT2D eigenvalue weighted by molar-refractivity contribution is 6.30. The highest BCUT2D eigenvalue weighted by Gasteiger charge is 2.54. The van der Waals surface area contributed by atoms with Gasteiger partial charge >= 0.3 is 5.97 Å². The third-order valence-corrected chi connectivity index (χ3v) is 3.77. The van der Waals surface area contributed by atoms with E-state index in [0.29, 0.717) is 5.02 Å². The molecular weight excluding hydrogens is 274 g/mol. The molecule has 20 heavy (non-hydrogen) atoms. The molecule has 0 unspecified atom stereocenters. The number of para-hydroxylation sites is 1. The molecule has 102 valence electrons. The summed E-state index contributed by atoms with van der Waals surface area (Å²) in [5.41, 5.74) is 2.08. The fourth-order valence-corrected chi connectivity index (χ4v) is 2.64. The van der Waals surface area contributed by atoms with E-state index in [1.807, 2.05) is 54.6 Å². The molecule has 3 rings (SSSR count). The molecule has 0 aromatic heterocycles. The van der Waals surface area contributed by atoms with E-state index in [1.54, 1.807) is 0 Å². The number of esters is 1. The number of anilines is 1. The van der Waals surface area contributed by atoms with Gasteiger partial charge in [0.2, 0.25) is 0 Å². The van der Waals surface area contributed by atoms with Crippen LogP contribution in [0.2, 0.25) is 5.02 Å². The van der Waals surface area contributed by atoms with Gasteiger partial charge in [-0.25, -0.2) is 4.79 Å². The van der Waals surface area contributed by atoms with E-state index in [1.165, 1.54) is 7.11 Å². The lowest BCUT2D eigenvalue weighted by Gasteiger charge is -2.05. The minimum Gasteiger partial charge on any atom is -0.467 e. The molecule has 0 N–H and O–H groups in total. The minimum absolute atomic E-state index is 0.0158. The molecule has 3 nitrogen and oxygen atoms in total. The van der Waals surface area contributed by atoms with E-state index in [9.17, 15) is 4.79 Å². The number of halogens is 1. The Hall–Kier alpha value is -2.00. The number of carbonyl (C=O) groups excluding carboxylic acids is 1. The summed E-state index contributed by atoms with van der Waals surface area (Å²) in [6.07, 6.45) is 0. The Labute approximate surface area is 122 Å². The fraction of sp³-hybridized carbons (Fsp3) is 0.188. The molecule has 0 radical (unpaired) electrons. The van der Waals surface area contributed by atoms with Crippen molar-refractivity contribution < 1.29 is 9.53 Å². The highest BCUT2D eigenvalue weighted by Crippen LogP contribution is 2.47. The maximum atomic E-state index is 11.9. The number of benzene rings is 2. The van der Waals surface area contributed by atoms with E-state index in [4.69, 9.17) is 16.3 Å². The van der Waals surface area contributed by atoms with Crippen molar-refractivity contribution in [2.24, 2.45) is 0 Å². The molecule has 0 spiro atoms. The van der Waals surface area contributed by atoms with Gasteiger partial charge in [-0.3, -0.25) is 0 Å². The van der Waals surface area contributed by atoms with Crippen LogP contribution >= 0.6 is 11.6 Å². The Kier molecular flexibility index (Phi) is 3.36. The number of rotatable bonds is 3. The summed E-state index contributed by atoms with van der Waals surface area (Å²) in [5.74, 6) is -0.214. The molecule has 1 aliphatic rings. The summed E-state index contributed by atoms with van der Waals surface area (Å²) in [5, 5.41) is 0.690. The smallest absolute Gasteiger partial charge is 0.331 e. The summed E-state index contributed by atoms with van der Waals surface area (Å²) in [6.45, 7) is 0. The predicted molar refractivity (Wildman–Crippen MR) is 78.9 cm³/mol. The Morgan fingerprint density at radius 2 is 1.75 bits per heavy atom. The van der Waals surface area contributed by atoms with Crippen molar-refractivity contribution in [3.05, 3.63) is 65.2 Å². The number of hydrogen-bond donors (Lipinski definition) is 0. The van der Waals surface area contributed by atoms with E-state index < -0.39 is 0 Å². The Morgan fingerprint density at radius 1 is 1.10 bits per heavy atom. The van der Waals surface area contributed by atoms with Gasteiger partial charge < -0.3 is 9.64 Å². The van der Waals surface area contributed by atoms with E-state index in [0.717, 1.165) is 11.3 Å². The monoisotopic (exact) mass is 287 g/mol. The summed E-state index contributed by atoms with van der Waals surface area (Å²) < 4.78 is 4.89. The molecule has 0 amide bonds. The molecule has 1 aliphatic heterocycles. The number of methoxy groups -OCH3 is 1. The van der Waals surface area contributed by atoms with Crippen LogP contribution in [-0.2, 0) is 9.53 Å². The molecule has 1 fully saturated rings. The average Bonchev–Trinajstić information content (AvgIpc) is 3.23. The van der Waals surface area contributed by atoms with Crippen molar-refractivity contribution >= 4 is 23.3 Å². The van der Waals surface area contributed by atoms with Crippen molar-refractivity contribution in [2.45, 2.75) is 12.1 Å². The first-order chi connectivity index (χ1) is 9.72. The molecule has 2 aromatic carbocycles. The van der Waals surface area contributed by atoms with E-state index in [-0.39, 0.29) is 18.1 Å². The standard InChI is InChI=1S/C16H14ClNO2/c1-20-16(19)15-14(11-7-9-12(17)10-8-11)18(15)13-5-3-2-4-6-13/h2-10,14-15H,1H3/t14-,15+,18?/m1/s1. The van der Waals surface area contributed by atoms with E-state index >= 15 is 0 Å². The molecule has 0 saturated carbocycles. The minimum atomic E-state index is -0.261. The fourth-order valence-electron chi connectivity index (χ4n) is 2.52. The van der Waals surface area contributed by atoms with Crippen molar-refractivity contribution in [1.29, 1.82) is 0 Å². The third kappa shape index (κ3) is 2.25. The van der Waals surface area contributed by atoms with Crippen molar-refractivity contribution in [3.63, 3.8) is 0 Å². The lowest BCUT2D eigenvalue weighted by atomic mass is 10.1. The SMILES string of the molecule is COC(=O)[C@@H]1[C@@H](c2ccc(Cl)cc2)N1c1ccccc1. The van der Waals surface area contributed by atoms with Crippen LogP contribution in [0.15, 0.2) is 54.6 Å². The molecule has 2 atom stereocenters. The second-order valence-corrected chi connectivity index (χ2v) is 5.14. The maximum Gasteiger partial charge on any atom is 0.331 e. The Morgan fingerprint density at radius 3 is 2.35 bits per heavy atom. The molecule has 2 aromatic rings. The normalized spacial score (nSPS) is 20.6. The third-order valence-electron chi connectivity index (χ3n) is 3.52. The van der Waals surface area contributed by atoms with Crippen molar-refractivity contribution in [2.75, 3.05) is 12.0 Å². The largest absolute Gasteiger partial charge is 0.467 e. The second-order valence-electron chi connectivity index (χ2n) is 4.71. The van der Waals surface area contributed by atoms with Crippen LogP contribution in [0.5, 0.6) is 0 Å². The molecule has 0 aliphatic carbocycles. The van der Waals surface area contributed by atoms with Gasteiger partial charge in [0.15, 0.2) is 6.04 Å². The summed E-state index contributed by atoms with van der Waals surface area (Å²) in [6, 6.07) is 17.2. The van der Waals surface area contributed by atoms with Gasteiger partial charge in [0.05, 0.1) is 13.2 Å². The van der Waals surface area contributed by atoms with Gasteiger partial charge in [-0.05, 0) is 29.8 Å². The maximum absolute atomic E-state index is 11.9. The topological polar surface area (TPSA) is 29.3 Å². The number of hydrogen-bond acceptors (Lipinski definition) is 3. The first kappa shape index (κ1) is 13.0. The van der Waals surface area contributed by atoms with Crippen molar-refractivity contribution in [1.82, 2.24) is 0 Å².